The van der Waals surface area contributed by atoms with Crippen molar-refractivity contribution in [1.82, 2.24) is 4.90 Å². The van der Waals surface area contributed by atoms with Gasteiger partial charge in [-0.15, -0.1) is 0 Å². The monoisotopic (exact) mass is 376 g/mol. The lowest BCUT2D eigenvalue weighted by molar-refractivity contribution is -0.138. The summed E-state index contributed by atoms with van der Waals surface area (Å²) in [6, 6.07) is 11.7. The molecular weight excluding hydrogens is 363 g/mol. The summed E-state index contributed by atoms with van der Waals surface area (Å²) >= 11 is 11.9. The normalized spacial score (nSPS) is 14.4. The first-order valence-electron chi connectivity index (χ1n) is 7.44. The average molecular weight is 377 g/mol. The van der Waals surface area contributed by atoms with Crippen molar-refractivity contribution in [3.63, 3.8) is 0 Å². The number of carbonyl (C=O) groups is 2. The van der Waals surface area contributed by atoms with Crippen molar-refractivity contribution in [3.8, 4) is 5.75 Å². The number of rotatable bonds is 4. The average Bonchev–Trinajstić information content (AvgIpc) is 2.78. The van der Waals surface area contributed by atoms with E-state index in [2.05, 4.69) is 5.32 Å². The zero-order valence-corrected chi connectivity index (χ0v) is 14.7. The Balaban J connectivity index is 1.84. The van der Waals surface area contributed by atoms with Crippen molar-refractivity contribution < 1.29 is 14.7 Å². The standard InChI is InChI=1S/C18H14Cl2N2O3/c1-10-2-7-14(23)13(8-10)21-16-15(20)17(24)22(18(16)25)9-11-3-5-12(19)6-4-11/h2-8,21,23H,9H2,1H3. The second kappa shape index (κ2) is 6.78. The third-order valence-corrected chi connectivity index (χ3v) is 4.38. The van der Waals surface area contributed by atoms with Crippen LogP contribution in [0.3, 0.4) is 0 Å². The second-order valence-electron chi connectivity index (χ2n) is 5.66. The SMILES string of the molecule is Cc1ccc(O)c(NC2=C(Cl)C(=O)N(Cc3ccc(Cl)cc3)C2=O)c1. The molecule has 1 aliphatic rings. The number of aryl methyl sites for hydroxylation is 1. The van der Waals surface area contributed by atoms with Crippen LogP contribution in [0.15, 0.2) is 53.2 Å². The molecule has 0 saturated heterocycles. The predicted molar refractivity (Wildman–Crippen MR) is 96.4 cm³/mol. The van der Waals surface area contributed by atoms with Gasteiger partial charge in [0.05, 0.1) is 12.2 Å². The molecule has 7 heteroatoms. The molecule has 128 valence electrons. The van der Waals surface area contributed by atoms with Crippen molar-refractivity contribution in [2.75, 3.05) is 5.32 Å². The van der Waals surface area contributed by atoms with Gasteiger partial charge in [-0.3, -0.25) is 14.5 Å². The van der Waals surface area contributed by atoms with E-state index in [0.717, 1.165) is 16.0 Å². The fraction of sp³-hybridized carbons (Fsp3) is 0.111. The minimum Gasteiger partial charge on any atom is -0.506 e. The van der Waals surface area contributed by atoms with Gasteiger partial charge in [0.25, 0.3) is 11.8 Å². The Morgan fingerprint density at radius 3 is 2.40 bits per heavy atom. The lowest BCUT2D eigenvalue weighted by Gasteiger charge is -2.15. The lowest BCUT2D eigenvalue weighted by atomic mass is 10.2. The molecule has 2 aromatic carbocycles. The molecule has 0 unspecified atom stereocenters. The summed E-state index contributed by atoms with van der Waals surface area (Å²) < 4.78 is 0. The second-order valence-corrected chi connectivity index (χ2v) is 6.47. The zero-order chi connectivity index (χ0) is 18.1. The highest BCUT2D eigenvalue weighted by molar-refractivity contribution is 6.48. The van der Waals surface area contributed by atoms with Gasteiger partial charge >= 0.3 is 0 Å². The predicted octanol–water partition coefficient (Wildman–Crippen LogP) is 3.79. The molecule has 2 aromatic rings. The van der Waals surface area contributed by atoms with Crippen LogP contribution >= 0.6 is 23.2 Å². The summed E-state index contributed by atoms with van der Waals surface area (Å²) in [6.07, 6.45) is 0. The van der Waals surface area contributed by atoms with E-state index in [-0.39, 0.29) is 23.0 Å². The topological polar surface area (TPSA) is 69.6 Å². The molecule has 1 heterocycles. The van der Waals surface area contributed by atoms with E-state index in [4.69, 9.17) is 23.2 Å². The van der Waals surface area contributed by atoms with Gasteiger partial charge in [0.15, 0.2) is 0 Å². The third kappa shape index (κ3) is 3.48. The number of benzene rings is 2. The number of hydrogen-bond acceptors (Lipinski definition) is 4. The highest BCUT2D eigenvalue weighted by atomic mass is 35.5. The summed E-state index contributed by atoms with van der Waals surface area (Å²) in [5.74, 6) is -1.18. The molecule has 5 nitrogen and oxygen atoms in total. The molecule has 0 spiro atoms. The van der Waals surface area contributed by atoms with E-state index in [9.17, 15) is 14.7 Å². The van der Waals surface area contributed by atoms with Crippen molar-refractivity contribution >= 4 is 40.7 Å². The van der Waals surface area contributed by atoms with Crippen LogP contribution in [0.4, 0.5) is 5.69 Å². The number of anilines is 1. The lowest BCUT2D eigenvalue weighted by Crippen LogP contribution is -2.31. The van der Waals surface area contributed by atoms with E-state index in [1.165, 1.54) is 6.07 Å². The maximum atomic E-state index is 12.6. The molecule has 0 atom stereocenters. The van der Waals surface area contributed by atoms with Crippen LogP contribution in [0.2, 0.25) is 5.02 Å². The van der Waals surface area contributed by atoms with E-state index >= 15 is 0 Å². The van der Waals surface area contributed by atoms with Crippen LogP contribution in [-0.4, -0.2) is 21.8 Å². The van der Waals surface area contributed by atoms with E-state index < -0.39 is 11.8 Å². The Labute approximate surface area is 154 Å². The molecule has 0 aliphatic carbocycles. The molecule has 0 aromatic heterocycles. The molecule has 0 saturated carbocycles. The number of nitrogens with zero attached hydrogens (tertiary/aromatic N) is 1. The Hall–Kier alpha value is -2.50. The molecular formula is C18H14Cl2N2O3. The van der Waals surface area contributed by atoms with Crippen molar-refractivity contribution in [2.24, 2.45) is 0 Å². The number of phenols is 1. The van der Waals surface area contributed by atoms with E-state index in [0.29, 0.717) is 10.7 Å². The first kappa shape index (κ1) is 17.3. The number of aromatic hydroxyl groups is 1. The highest BCUT2D eigenvalue weighted by Gasteiger charge is 2.38. The number of amides is 2. The quantitative estimate of drug-likeness (QED) is 0.629. The third-order valence-electron chi connectivity index (χ3n) is 3.78. The van der Waals surface area contributed by atoms with E-state index in [1.54, 1.807) is 36.4 Å². The van der Waals surface area contributed by atoms with Gasteiger partial charge in [0.2, 0.25) is 0 Å². The van der Waals surface area contributed by atoms with Crippen LogP contribution in [0.5, 0.6) is 5.75 Å². The molecule has 25 heavy (non-hydrogen) atoms. The van der Waals surface area contributed by atoms with Gasteiger partial charge in [-0.05, 0) is 42.3 Å². The smallest absolute Gasteiger partial charge is 0.279 e. The number of imide groups is 1. The Kier molecular flexibility index (Phi) is 4.70. The maximum absolute atomic E-state index is 12.6. The number of halogens is 2. The minimum absolute atomic E-state index is 0.0426. The number of phenolic OH excluding ortho intramolecular Hbond substituents is 1. The van der Waals surface area contributed by atoms with Gasteiger partial charge < -0.3 is 10.4 Å². The molecule has 0 radical (unpaired) electrons. The largest absolute Gasteiger partial charge is 0.506 e. The molecule has 1 aliphatic heterocycles. The fourth-order valence-electron chi connectivity index (χ4n) is 2.46. The van der Waals surface area contributed by atoms with Crippen LogP contribution in [-0.2, 0) is 16.1 Å². The van der Waals surface area contributed by atoms with Gasteiger partial charge in [0, 0.05) is 5.02 Å². The first-order chi connectivity index (χ1) is 11.9. The molecule has 3 rings (SSSR count). The summed E-state index contributed by atoms with van der Waals surface area (Å²) in [4.78, 5) is 26.0. The van der Waals surface area contributed by atoms with Crippen LogP contribution in [0.1, 0.15) is 11.1 Å². The number of carbonyl (C=O) groups excluding carboxylic acids is 2. The van der Waals surface area contributed by atoms with Crippen molar-refractivity contribution in [2.45, 2.75) is 13.5 Å². The fourth-order valence-corrected chi connectivity index (χ4v) is 2.81. The zero-order valence-electron chi connectivity index (χ0n) is 13.2. The Morgan fingerprint density at radius 1 is 1.04 bits per heavy atom. The Bertz CT molecular complexity index is 892. The maximum Gasteiger partial charge on any atom is 0.279 e. The van der Waals surface area contributed by atoms with Gasteiger partial charge in [-0.1, -0.05) is 41.4 Å². The molecule has 2 amide bonds. The van der Waals surface area contributed by atoms with Gasteiger partial charge in [-0.25, -0.2) is 0 Å². The first-order valence-corrected chi connectivity index (χ1v) is 8.19. The van der Waals surface area contributed by atoms with Crippen LogP contribution in [0, 0.1) is 6.92 Å². The molecule has 2 N–H and O–H groups in total. The summed E-state index contributed by atoms with van der Waals surface area (Å²) in [5, 5.41) is 13.0. The highest BCUT2D eigenvalue weighted by Crippen LogP contribution is 2.31. The van der Waals surface area contributed by atoms with Crippen LogP contribution in [0.25, 0.3) is 0 Å². The number of hydrogen-bond donors (Lipinski definition) is 2. The molecule has 0 bridgehead atoms. The van der Waals surface area contributed by atoms with Crippen molar-refractivity contribution in [1.29, 1.82) is 0 Å². The summed E-state index contributed by atoms with van der Waals surface area (Å²) in [6.45, 7) is 1.92. The minimum atomic E-state index is -0.587. The number of nitrogens with one attached hydrogen (secondary N) is 1. The van der Waals surface area contributed by atoms with Crippen molar-refractivity contribution in [3.05, 3.63) is 69.3 Å². The Morgan fingerprint density at radius 2 is 1.72 bits per heavy atom. The van der Waals surface area contributed by atoms with Crippen LogP contribution < -0.4 is 5.32 Å². The van der Waals surface area contributed by atoms with Gasteiger partial charge in [-0.2, -0.15) is 0 Å². The van der Waals surface area contributed by atoms with E-state index in [1.807, 2.05) is 6.92 Å². The molecule has 0 fully saturated rings. The summed E-state index contributed by atoms with van der Waals surface area (Å²) in [7, 11) is 0. The summed E-state index contributed by atoms with van der Waals surface area (Å²) in [5.41, 5.74) is 1.88. The van der Waals surface area contributed by atoms with Gasteiger partial charge in [0.1, 0.15) is 16.5 Å².